The smallest absolute Gasteiger partial charge is 0.257 e. The summed E-state index contributed by atoms with van der Waals surface area (Å²) in [7, 11) is 0. The number of piperazine rings is 1. The van der Waals surface area contributed by atoms with Crippen molar-refractivity contribution in [1.82, 2.24) is 19.9 Å². The molecule has 1 aliphatic heterocycles. The van der Waals surface area contributed by atoms with E-state index in [2.05, 4.69) is 14.9 Å². The Morgan fingerprint density at radius 2 is 1.69 bits per heavy atom. The highest BCUT2D eigenvalue weighted by molar-refractivity contribution is 6.32. The molecule has 4 rings (SSSR count). The van der Waals surface area contributed by atoms with Crippen LogP contribution < -0.4 is 4.90 Å². The normalized spacial score (nSPS) is 14.7. The van der Waals surface area contributed by atoms with Crippen LogP contribution in [-0.2, 0) is 0 Å². The van der Waals surface area contributed by atoms with Crippen LogP contribution in [0.3, 0.4) is 0 Å². The first kappa shape index (κ1) is 16.7. The van der Waals surface area contributed by atoms with Crippen LogP contribution in [0.25, 0.3) is 11.0 Å². The molecule has 0 spiro atoms. The van der Waals surface area contributed by atoms with Crippen molar-refractivity contribution in [2.24, 2.45) is 0 Å². The highest BCUT2D eigenvalue weighted by atomic mass is 35.5. The number of aromatic nitrogens is 3. The minimum Gasteiger partial charge on any atom is -0.352 e. The standard InChI is InChI=1S/C19H18ClN5O/c1-13-18(23-16-7-3-2-6-15(16)22-13)24-9-11-25(12-10-24)19(26)14-5-4-8-21-17(14)20/h2-8H,9-12H2,1H3. The number of para-hydroxylation sites is 2. The van der Waals surface area contributed by atoms with Gasteiger partial charge in [0.15, 0.2) is 5.82 Å². The number of aryl methyl sites for hydroxylation is 1. The largest absolute Gasteiger partial charge is 0.352 e. The fraction of sp³-hybridized carbons (Fsp3) is 0.263. The first-order valence-electron chi connectivity index (χ1n) is 8.51. The molecule has 26 heavy (non-hydrogen) atoms. The fourth-order valence-electron chi connectivity index (χ4n) is 3.22. The van der Waals surface area contributed by atoms with Crippen molar-refractivity contribution >= 4 is 34.4 Å². The molecular weight excluding hydrogens is 350 g/mol. The van der Waals surface area contributed by atoms with Crippen molar-refractivity contribution in [2.45, 2.75) is 6.92 Å². The molecule has 3 aromatic rings. The Morgan fingerprint density at radius 1 is 1.00 bits per heavy atom. The molecule has 1 amide bonds. The van der Waals surface area contributed by atoms with E-state index in [1.807, 2.05) is 36.1 Å². The molecule has 2 aromatic heterocycles. The van der Waals surface area contributed by atoms with E-state index in [0.717, 1.165) is 22.5 Å². The van der Waals surface area contributed by atoms with E-state index in [-0.39, 0.29) is 11.1 Å². The number of benzene rings is 1. The third-order valence-electron chi connectivity index (χ3n) is 4.58. The van der Waals surface area contributed by atoms with Gasteiger partial charge in [-0.05, 0) is 31.2 Å². The lowest BCUT2D eigenvalue weighted by Crippen LogP contribution is -2.49. The number of hydrogen-bond acceptors (Lipinski definition) is 5. The second-order valence-electron chi connectivity index (χ2n) is 6.24. The molecule has 0 saturated carbocycles. The first-order valence-corrected chi connectivity index (χ1v) is 8.89. The molecule has 0 bridgehead atoms. The maximum absolute atomic E-state index is 12.7. The van der Waals surface area contributed by atoms with Gasteiger partial charge in [0.2, 0.25) is 0 Å². The number of halogens is 1. The van der Waals surface area contributed by atoms with Gasteiger partial charge < -0.3 is 9.80 Å². The zero-order chi connectivity index (χ0) is 18.1. The molecule has 0 radical (unpaired) electrons. The highest BCUT2D eigenvalue weighted by Crippen LogP contribution is 2.22. The molecular formula is C19H18ClN5O. The van der Waals surface area contributed by atoms with Crippen LogP contribution in [0.1, 0.15) is 16.1 Å². The van der Waals surface area contributed by atoms with Crippen LogP contribution in [0.15, 0.2) is 42.6 Å². The van der Waals surface area contributed by atoms with Crippen molar-refractivity contribution < 1.29 is 4.79 Å². The number of fused-ring (bicyclic) bond motifs is 1. The number of anilines is 1. The van der Waals surface area contributed by atoms with Gasteiger partial charge in [0.05, 0.1) is 22.3 Å². The second kappa shape index (κ2) is 6.88. The number of nitrogens with zero attached hydrogens (tertiary/aromatic N) is 5. The minimum atomic E-state index is -0.0796. The molecule has 1 aliphatic rings. The number of hydrogen-bond donors (Lipinski definition) is 0. The van der Waals surface area contributed by atoms with E-state index in [1.54, 1.807) is 18.3 Å². The van der Waals surface area contributed by atoms with Gasteiger partial charge in [-0.15, -0.1) is 0 Å². The number of pyridine rings is 1. The molecule has 0 N–H and O–H groups in total. The lowest BCUT2D eigenvalue weighted by atomic mass is 10.2. The summed E-state index contributed by atoms with van der Waals surface area (Å²) < 4.78 is 0. The Kier molecular flexibility index (Phi) is 4.42. The molecule has 1 aromatic carbocycles. The van der Waals surface area contributed by atoms with Gasteiger partial charge in [-0.25, -0.2) is 15.0 Å². The van der Waals surface area contributed by atoms with Gasteiger partial charge in [0, 0.05) is 32.4 Å². The summed E-state index contributed by atoms with van der Waals surface area (Å²) >= 11 is 6.05. The Morgan fingerprint density at radius 3 is 2.38 bits per heavy atom. The third-order valence-corrected chi connectivity index (χ3v) is 4.88. The van der Waals surface area contributed by atoms with Crippen molar-refractivity contribution in [3.8, 4) is 0 Å². The molecule has 6 nitrogen and oxygen atoms in total. The summed E-state index contributed by atoms with van der Waals surface area (Å²) in [5.41, 5.74) is 3.13. The Labute approximate surface area is 156 Å². The van der Waals surface area contributed by atoms with Gasteiger partial charge in [-0.3, -0.25) is 4.79 Å². The van der Waals surface area contributed by atoms with Crippen molar-refractivity contribution in [1.29, 1.82) is 0 Å². The van der Waals surface area contributed by atoms with Crippen LogP contribution in [-0.4, -0.2) is 51.9 Å². The number of amides is 1. The molecule has 3 heterocycles. The number of carbonyl (C=O) groups excluding carboxylic acids is 1. The Balaban J connectivity index is 1.51. The summed E-state index contributed by atoms with van der Waals surface area (Å²) in [6.45, 7) is 4.60. The zero-order valence-corrected chi connectivity index (χ0v) is 15.1. The maximum Gasteiger partial charge on any atom is 0.257 e. The molecule has 132 valence electrons. The number of carbonyl (C=O) groups is 1. The summed E-state index contributed by atoms with van der Waals surface area (Å²) in [6, 6.07) is 11.3. The van der Waals surface area contributed by atoms with E-state index < -0.39 is 0 Å². The SMILES string of the molecule is Cc1nc2ccccc2nc1N1CCN(C(=O)c2cccnc2Cl)CC1. The summed E-state index contributed by atoms with van der Waals surface area (Å²) in [6.07, 6.45) is 1.58. The van der Waals surface area contributed by atoms with Crippen LogP contribution in [0.4, 0.5) is 5.82 Å². The molecule has 0 atom stereocenters. The third kappa shape index (κ3) is 3.08. The van der Waals surface area contributed by atoms with Crippen LogP contribution in [0.2, 0.25) is 5.15 Å². The van der Waals surface area contributed by atoms with Gasteiger partial charge >= 0.3 is 0 Å². The van der Waals surface area contributed by atoms with E-state index >= 15 is 0 Å². The van der Waals surface area contributed by atoms with Gasteiger partial charge in [0.25, 0.3) is 5.91 Å². The fourth-order valence-corrected chi connectivity index (χ4v) is 3.42. The molecule has 1 fully saturated rings. The van der Waals surface area contributed by atoms with E-state index in [4.69, 9.17) is 16.6 Å². The Bertz CT molecular complexity index is 969. The van der Waals surface area contributed by atoms with Gasteiger partial charge in [-0.2, -0.15) is 0 Å². The summed E-state index contributed by atoms with van der Waals surface area (Å²) in [5.74, 6) is 0.805. The van der Waals surface area contributed by atoms with E-state index in [9.17, 15) is 4.79 Å². The molecule has 7 heteroatoms. The number of rotatable bonds is 2. The summed E-state index contributed by atoms with van der Waals surface area (Å²) in [4.78, 5) is 30.1. The first-order chi connectivity index (χ1) is 12.6. The van der Waals surface area contributed by atoms with E-state index in [1.165, 1.54) is 0 Å². The van der Waals surface area contributed by atoms with Gasteiger partial charge in [-0.1, -0.05) is 23.7 Å². The van der Waals surface area contributed by atoms with Crippen LogP contribution in [0.5, 0.6) is 0 Å². The quantitative estimate of drug-likeness (QED) is 0.652. The molecule has 0 unspecified atom stereocenters. The van der Waals surface area contributed by atoms with Gasteiger partial charge in [0.1, 0.15) is 5.15 Å². The lowest BCUT2D eigenvalue weighted by molar-refractivity contribution is 0.0746. The average Bonchev–Trinajstić information content (AvgIpc) is 2.67. The lowest BCUT2D eigenvalue weighted by Gasteiger charge is -2.36. The van der Waals surface area contributed by atoms with Crippen molar-refractivity contribution in [2.75, 3.05) is 31.1 Å². The second-order valence-corrected chi connectivity index (χ2v) is 6.60. The van der Waals surface area contributed by atoms with E-state index in [0.29, 0.717) is 31.7 Å². The minimum absolute atomic E-state index is 0.0796. The highest BCUT2D eigenvalue weighted by Gasteiger charge is 2.25. The molecule has 0 aliphatic carbocycles. The topological polar surface area (TPSA) is 62.2 Å². The Hall–Kier alpha value is -2.73. The monoisotopic (exact) mass is 367 g/mol. The van der Waals surface area contributed by atoms with Crippen molar-refractivity contribution in [3.63, 3.8) is 0 Å². The predicted octanol–water partition coefficient (Wildman–Crippen LogP) is 2.95. The van der Waals surface area contributed by atoms with Crippen LogP contribution >= 0.6 is 11.6 Å². The van der Waals surface area contributed by atoms with Crippen molar-refractivity contribution in [3.05, 3.63) is 59.0 Å². The van der Waals surface area contributed by atoms with Crippen LogP contribution in [0, 0.1) is 6.92 Å². The predicted molar refractivity (Wildman–Crippen MR) is 102 cm³/mol. The maximum atomic E-state index is 12.7. The summed E-state index contributed by atoms with van der Waals surface area (Å²) in [5, 5.41) is 0.246. The molecule has 1 saturated heterocycles. The average molecular weight is 368 g/mol. The zero-order valence-electron chi connectivity index (χ0n) is 14.4.